The summed E-state index contributed by atoms with van der Waals surface area (Å²) in [7, 11) is 0. The second kappa shape index (κ2) is 11.5. The predicted octanol–water partition coefficient (Wildman–Crippen LogP) is 4.25. The van der Waals surface area contributed by atoms with Gasteiger partial charge in [-0.25, -0.2) is 4.79 Å². The van der Waals surface area contributed by atoms with Crippen molar-refractivity contribution in [2.45, 2.75) is 38.6 Å². The Morgan fingerprint density at radius 1 is 0.917 bits per heavy atom. The summed E-state index contributed by atoms with van der Waals surface area (Å²) in [5.74, 6) is -1.15. The molecule has 6 N–H and O–H groups in total. The minimum atomic E-state index is -1.33. The Labute approximate surface area is 210 Å². The van der Waals surface area contributed by atoms with E-state index in [-0.39, 0.29) is 23.8 Å². The van der Waals surface area contributed by atoms with Crippen molar-refractivity contribution in [3.8, 4) is 11.1 Å². The van der Waals surface area contributed by atoms with Crippen LogP contribution in [0.25, 0.3) is 11.1 Å². The number of carboxylic acid groups (broad SMARTS) is 1. The highest BCUT2D eigenvalue weighted by Gasteiger charge is 2.34. The maximum atomic E-state index is 13.0. The van der Waals surface area contributed by atoms with Crippen LogP contribution in [0.3, 0.4) is 0 Å². The molecule has 3 aromatic rings. The van der Waals surface area contributed by atoms with Crippen LogP contribution < -0.4 is 21.9 Å². The van der Waals surface area contributed by atoms with Gasteiger partial charge in [-0.3, -0.25) is 9.78 Å². The maximum absolute atomic E-state index is 13.0. The number of likely N-dealkylation sites (tertiary alicyclic amines) is 1. The van der Waals surface area contributed by atoms with Gasteiger partial charge in [-0.05, 0) is 60.2 Å². The molecule has 1 aromatic heterocycles. The summed E-state index contributed by atoms with van der Waals surface area (Å²) in [5, 5.41) is 16.6. The number of urea groups is 1. The quantitative estimate of drug-likeness (QED) is 0.473. The van der Waals surface area contributed by atoms with Gasteiger partial charge in [-0.15, -0.1) is 0 Å². The molecule has 2 heterocycles. The third kappa shape index (κ3) is 6.05. The first-order valence-electron chi connectivity index (χ1n) is 11.6. The van der Waals surface area contributed by atoms with Gasteiger partial charge in [0, 0.05) is 29.7 Å². The van der Waals surface area contributed by atoms with E-state index >= 15 is 0 Å². The molecule has 0 unspecified atom stereocenters. The van der Waals surface area contributed by atoms with Crippen LogP contribution in [-0.4, -0.2) is 40.4 Å². The van der Waals surface area contributed by atoms with Gasteiger partial charge in [0.25, 0.3) is 0 Å². The number of quaternary nitrogens is 1. The van der Waals surface area contributed by atoms with Crippen molar-refractivity contribution in [1.29, 1.82) is 0 Å². The summed E-state index contributed by atoms with van der Waals surface area (Å²) in [5.41, 5.74) is 3.94. The van der Waals surface area contributed by atoms with Crippen molar-refractivity contribution in [3.63, 3.8) is 0 Å². The second-order valence-corrected chi connectivity index (χ2v) is 8.84. The lowest BCUT2D eigenvalue weighted by atomic mass is 10.0. The molecular formula is C27H31N5O4. The fraction of sp³-hybridized carbons (Fsp3) is 0.259. The van der Waals surface area contributed by atoms with Crippen molar-refractivity contribution in [3.05, 3.63) is 78.1 Å². The minimum Gasteiger partial charge on any atom is -0.543 e. The molecule has 1 saturated heterocycles. The molecule has 0 saturated carbocycles. The molecule has 1 atom stereocenters. The number of aromatic carboxylic acids is 1. The lowest BCUT2D eigenvalue weighted by Gasteiger charge is -2.24. The van der Waals surface area contributed by atoms with Crippen LogP contribution in [0.4, 0.5) is 16.2 Å². The molecule has 0 bridgehead atoms. The Hall–Kier alpha value is -4.24. The highest BCUT2D eigenvalue weighted by atomic mass is 16.4. The van der Waals surface area contributed by atoms with Crippen molar-refractivity contribution in [2.24, 2.45) is 0 Å². The SMILES string of the molecule is CC(C)c1ccc(NC(=O)N2CCC[C@@H]2C(=O)Nc2ccc(-c3ccc(C(=O)[O-])nc3)cc2)cc1.[NH4+]. The fourth-order valence-electron chi connectivity index (χ4n) is 4.09. The number of benzene rings is 2. The number of anilines is 2. The van der Waals surface area contributed by atoms with Crippen LogP contribution in [0, 0.1) is 0 Å². The standard InChI is InChI=1S/C27H28N4O4.H3N/c1-17(2)18-5-10-22(11-6-18)30-27(35)31-15-3-4-24(31)25(32)29-21-12-7-19(8-13-21)20-9-14-23(26(33)34)28-16-20;/h5-14,16-17,24H,3-4,15H2,1-2H3,(H,29,32)(H,30,35)(H,33,34);1H3/t24-;/m1./s1. The lowest BCUT2D eigenvalue weighted by molar-refractivity contribution is -0.255. The summed E-state index contributed by atoms with van der Waals surface area (Å²) in [6.07, 6.45) is 2.82. The smallest absolute Gasteiger partial charge is 0.322 e. The van der Waals surface area contributed by atoms with Gasteiger partial charge in [-0.2, -0.15) is 0 Å². The van der Waals surface area contributed by atoms with E-state index in [0.29, 0.717) is 30.3 Å². The molecule has 0 aliphatic carbocycles. The third-order valence-corrected chi connectivity index (χ3v) is 6.10. The largest absolute Gasteiger partial charge is 0.543 e. The second-order valence-electron chi connectivity index (χ2n) is 8.84. The molecule has 4 rings (SSSR count). The van der Waals surface area contributed by atoms with Gasteiger partial charge in [0.15, 0.2) is 0 Å². The van der Waals surface area contributed by atoms with E-state index in [4.69, 9.17) is 0 Å². The molecule has 188 valence electrons. The maximum Gasteiger partial charge on any atom is 0.322 e. The van der Waals surface area contributed by atoms with Crippen LogP contribution in [0.15, 0.2) is 66.9 Å². The van der Waals surface area contributed by atoms with Crippen molar-refractivity contribution in [2.75, 3.05) is 17.2 Å². The van der Waals surface area contributed by atoms with Crippen LogP contribution >= 0.6 is 0 Å². The third-order valence-electron chi connectivity index (χ3n) is 6.10. The number of aromatic nitrogens is 1. The molecule has 0 radical (unpaired) electrons. The Kier molecular flexibility index (Phi) is 8.39. The monoisotopic (exact) mass is 489 g/mol. The van der Waals surface area contributed by atoms with Crippen LogP contribution in [-0.2, 0) is 4.79 Å². The first kappa shape index (κ1) is 26.4. The van der Waals surface area contributed by atoms with E-state index in [9.17, 15) is 19.5 Å². The first-order chi connectivity index (χ1) is 16.8. The first-order valence-corrected chi connectivity index (χ1v) is 11.6. The highest BCUT2D eigenvalue weighted by molar-refractivity contribution is 5.99. The molecule has 36 heavy (non-hydrogen) atoms. The van der Waals surface area contributed by atoms with Crippen LogP contribution in [0.1, 0.15) is 48.7 Å². The van der Waals surface area contributed by atoms with Gasteiger partial charge < -0.3 is 31.6 Å². The number of carbonyl (C=O) groups excluding carboxylic acids is 3. The number of nitrogens with one attached hydrogen (secondary N) is 2. The van der Waals surface area contributed by atoms with E-state index in [1.165, 1.54) is 17.8 Å². The predicted molar refractivity (Wildman–Crippen MR) is 138 cm³/mol. The topological polar surface area (TPSA) is 151 Å². The Bertz CT molecular complexity index is 1210. The normalized spacial score (nSPS) is 14.8. The highest BCUT2D eigenvalue weighted by Crippen LogP contribution is 2.24. The molecule has 2 aromatic carbocycles. The van der Waals surface area contributed by atoms with Gasteiger partial charge in [0.05, 0.1) is 11.7 Å². The van der Waals surface area contributed by atoms with Crippen LogP contribution in [0.2, 0.25) is 0 Å². The van der Waals surface area contributed by atoms with E-state index < -0.39 is 12.0 Å². The van der Waals surface area contributed by atoms with Gasteiger partial charge >= 0.3 is 6.03 Å². The fourth-order valence-corrected chi connectivity index (χ4v) is 4.09. The van der Waals surface area contributed by atoms with Gasteiger partial charge in [0.2, 0.25) is 5.91 Å². The Morgan fingerprint density at radius 3 is 2.11 bits per heavy atom. The number of carboxylic acids is 1. The van der Waals surface area contributed by atoms with E-state index in [2.05, 4.69) is 29.5 Å². The Balaban J connectivity index is 0.00000361. The number of hydrogen-bond acceptors (Lipinski definition) is 5. The average Bonchev–Trinajstić information content (AvgIpc) is 3.35. The number of amides is 3. The van der Waals surface area contributed by atoms with Crippen molar-refractivity contribution < 1.29 is 19.5 Å². The minimum absolute atomic E-state index is 0. The number of pyridine rings is 1. The molecular weight excluding hydrogens is 458 g/mol. The van der Waals surface area contributed by atoms with Crippen molar-refractivity contribution >= 4 is 29.3 Å². The molecule has 1 aliphatic rings. The number of hydrogen-bond donors (Lipinski definition) is 3. The number of carbonyl (C=O) groups is 3. The van der Waals surface area contributed by atoms with E-state index in [1.54, 1.807) is 23.1 Å². The number of nitrogens with zero attached hydrogens (tertiary/aromatic N) is 2. The summed E-state index contributed by atoms with van der Waals surface area (Å²) >= 11 is 0. The molecule has 1 aliphatic heterocycles. The van der Waals surface area contributed by atoms with Crippen molar-refractivity contribution in [1.82, 2.24) is 16.0 Å². The summed E-state index contributed by atoms with van der Waals surface area (Å²) < 4.78 is 0. The number of rotatable bonds is 6. The average molecular weight is 490 g/mol. The van der Waals surface area contributed by atoms with E-state index in [0.717, 1.165) is 17.5 Å². The summed E-state index contributed by atoms with van der Waals surface area (Å²) in [4.78, 5) is 42.1. The van der Waals surface area contributed by atoms with Crippen LogP contribution in [0.5, 0.6) is 0 Å². The molecule has 1 fully saturated rings. The molecule has 0 spiro atoms. The Morgan fingerprint density at radius 2 is 1.53 bits per heavy atom. The van der Waals surface area contributed by atoms with Gasteiger partial charge in [0.1, 0.15) is 6.04 Å². The zero-order valence-corrected chi connectivity index (χ0v) is 20.7. The lowest BCUT2D eigenvalue weighted by Crippen LogP contribution is -2.45. The zero-order valence-electron chi connectivity index (χ0n) is 20.7. The zero-order chi connectivity index (χ0) is 24.9. The summed E-state index contributed by atoms with van der Waals surface area (Å²) in [6, 6.07) is 17.1. The van der Waals surface area contributed by atoms with E-state index in [1.807, 2.05) is 36.4 Å². The molecule has 9 nitrogen and oxygen atoms in total. The van der Waals surface area contributed by atoms with Gasteiger partial charge in [-0.1, -0.05) is 44.2 Å². The molecule has 9 heteroatoms. The molecule has 3 amide bonds. The summed E-state index contributed by atoms with van der Waals surface area (Å²) in [6.45, 7) is 4.74.